The minimum Gasteiger partial charge on any atom is -0.395 e. The SMILES string of the molecule is CN(CCO)CC(O)C[N+]1=CN=C2C1C(=O)N(C)C(=O)N2C. The zero-order valence-corrected chi connectivity index (χ0v) is 13.0. The van der Waals surface area contributed by atoms with Gasteiger partial charge in [-0.05, 0) is 12.0 Å². The highest BCUT2D eigenvalue weighted by atomic mass is 16.3. The van der Waals surface area contributed by atoms with E-state index >= 15 is 0 Å². The van der Waals surface area contributed by atoms with Crippen molar-refractivity contribution >= 4 is 24.1 Å². The second-order valence-electron chi connectivity index (χ2n) is 5.58. The van der Waals surface area contributed by atoms with E-state index in [1.807, 2.05) is 0 Å². The van der Waals surface area contributed by atoms with Gasteiger partial charge in [0.1, 0.15) is 12.6 Å². The molecule has 0 radical (unpaired) electrons. The minimum absolute atomic E-state index is 0.0190. The highest BCUT2D eigenvalue weighted by Crippen LogP contribution is 2.16. The van der Waals surface area contributed by atoms with Gasteiger partial charge in [-0.25, -0.2) is 9.37 Å². The first-order valence-electron chi connectivity index (χ1n) is 7.06. The third-order valence-electron chi connectivity index (χ3n) is 3.82. The first kappa shape index (κ1) is 16.5. The third-order valence-corrected chi connectivity index (χ3v) is 3.82. The minimum atomic E-state index is -0.705. The molecular formula is C13H22N5O4+. The van der Waals surface area contributed by atoms with Crippen LogP contribution >= 0.6 is 0 Å². The number of rotatable bonds is 6. The zero-order valence-electron chi connectivity index (χ0n) is 13.0. The van der Waals surface area contributed by atoms with E-state index in [4.69, 9.17) is 5.11 Å². The molecule has 2 rings (SSSR count). The summed E-state index contributed by atoms with van der Waals surface area (Å²) in [5.41, 5.74) is 0. The molecule has 2 atom stereocenters. The number of carbonyl (C=O) groups excluding carboxylic acids is 2. The molecule has 0 spiro atoms. The average molecular weight is 312 g/mol. The summed E-state index contributed by atoms with van der Waals surface area (Å²) in [5, 5.41) is 19.0. The Kier molecular flexibility index (Phi) is 4.89. The van der Waals surface area contributed by atoms with Gasteiger partial charge in [0.2, 0.25) is 0 Å². The summed E-state index contributed by atoms with van der Waals surface area (Å²) in [6, 6.07) is -1.09. The molecule has 2 aliphatic rings. The van der Waals surface area contributed by atoms with Gasteiger partial charge in [0, 0.05) is 27.2 Å². The largest absolute Gasteiger partial charge is 0.395 e. The summed E-state index contributed by atoms with van der Waals surface area (Å²) in [4.78, 5) is 32.5. The molecule has 2 unspecified atom stereocenters. The fourth-order valence-corrected chi connectivity index (χ4v) is 2.62. The summed E-state index contributed by atoms with van der Waals surface area (Å²) >= 11 is 0. The molecule has 0 aliphatic carbocycles. The molecule has 1 fully saturated rings. The number of likely N-dealkylation sites (N-methyl/N-ethyl adjacent to an activating group) is 3. The van der Waals surface area contributed by atoms with Crippen LogP contribution in [0.3, 0.4) is 0 Å². The van der Waals surface area contributed by atoms with Crippen molar-refractivity contribution in [1.82, 2.24) is 14.7 Å². The molecule has 0 aromatic heterocycles. The number of aliphatic imine (C=N–C) groups is 1. The summed E-state index contributed by atoms with van der Waals surface area (Å²) in [6.07, 6.45) is 0.777. The highest BCUT2D eigenvalue weighted by Gasteiger charge is 2.50. The Bertz CT molecular complexity index is 533. The molecule has 0 saturated carbocycles. The molecule has 1 saturated heterocycles. The molecule has 0 aromatic rings. The van der Waals surface area contributed by atoms with Crippen LogP contribution in [0, 0.1) is 0 Å². The van der Waals surface area contributed by atoms with E-state index in [0.717, 1.165) is 4.90 Å². The molecule has 122 valence electrons. The Labute approximate surface area is 128 Å². The van der Waals surface area contributed by atoms with Crippen LogP contribution in [-0.2, 0) is 4.79 Å². The van der Waals surface area contributed by atoms with Crippen LogP contribution < -0.4 is 0 Å². The Balaban J connectivity index is 2.03. The third kappa shape index (κ3) is 3.01. The van der Waals surface area contributed by atoms with Gasteiger partial charge in [-0.15, -0.1) is 0 Å². The topological polar surface area (TPSA) is 99.7 Å². The molecule has 22 heavy (non-hydrogen) atoms. The zero-order chi connectivity index (χ0) is 16.4. The van der Waals surface area contributed by atoms with E-state index in [1.54, 1.807) is 23.6 Å². The van der Waals surface area contributed by atoms with E-state index in [-0.39, 0.29) is 19.1 Å². The number of amidine groups is 1. The number of fused-ring (bicyclic) bond motifs is 1. The normalized spacial score (nSPS) is 22.9. The van der Waals surface area contributed by atoms with Crippen LogP contribution in [0.1, 0.15) is 0 Å². The number of imide groups is 1. The summed E-state index contributed by atoms with van der Waals surface area (Å²) in [7, 11) is 4.79. The van der Waals surface area contributed by atoms with Crippen LogP contribution in [0.15, 0.2) is 4.99 Å². The molecule has 3 amide bonds. The molecule has 9 nitrogen and oxygen atoms in total. The van der Waals surface area contributed by atoms with Crippen molar-refractivity contribution in [2.24, 2.45) is 4.99 Å². The predicted molar refractivity (Wildman–Crippen MR) is 78.9 cm³/mol. The van der Waals surface area contributed by atoms with E-state index in [2.05, 4.69) is 4.99 Å². The van der Waals surface area contributed by atoms with Crippen LogP contribution in [-0.4, -0.2) is 113 Å². The van der Waals surface area contributed by atoms with Gasteiger partial charge < -0.3 is 15.1 Å². The number of carbonyl (C=O) groups is 2. The van der Waals surface area contributed by atoms with Gasteiger partial charge in [0.25, 0.3) is 24.1 Å². The second-order valence-corrected chi connectivity index (χ2v) is 5.58. The number of amides is 3. The van der Waals surface area contributed by atoms with Crippen molar-refractivity contribution in [3.05, 3.63) is 0 Å². The van der Waals surface area contributed by atoms with Gasteiger partial charge in [0.15, 0.2) is 0 Å². The molecular weight excluding hydrogens is 290 g/mol. The van der Waals surface area contributed by atoms with Crippen molar-refractivity contribution < 1.29 is 24.4 Å². The first-order valence-corrected chi connectivity index (χ1v) is 7.06. The summed E-state index contributed by atoms with van der Waals surface area (Å²) in [6.45, 7) is 1.07. The van der Waals surface area contributed by atoms with Crippen LogP contribution in [0.2, 0.25) is 0 Å². The number of hydrogen-bond donors (Lipinski definition) is 2. The van der Waals surface area contributed by atoms with Crippen LogP contribution in [0.5, 0.6) is 0 Å². The Morgan fingerprint density at radius 2 is 2.09 bits per heavy atom. The molecule has 0 bridgehead atoms. The fraction of sp³-hybridized carbons (Fsp3) is 0.692. The molecule has 2 heterocycles. The highest BCUT2D eigenvalue weighted by molar-refractivity contribution is 6.21. The quantitative estimate of drug-likeness (QED) is 0.534. The van der Waals surface area contributed by atoms with E-state index in [0.29, 0.717) is 18.9 Å². The van der Waals surface area contributed by atoms with Crippen molar-refractivity contribution in [2.75, 3.05) is 47.4 Å². The fourth-order valence-electron chi connectivity index (χ4n) is 2.62. The van der Waals surface area contributed by atoms with Crippen molar-refractivity contribution in [3.8, 4) is 0 Å². The lowest BCUT2D eigenvalue weighted by atomic mass is 10.1. The lowest BCUT2D eigenvalue weighted by molar-refractivity contribution is -0.539. The summed E-state index contributed by atoms with van der Waals surface area (Å²) in [5.74, 6) is 0.0236. The van der Waals surface area contributed by atoms with Crippen LogP contribution in [0.25, 0.3) is 0 Å². The number of β-amino-alcohol motifs (C(OH)–C–C–N with tert-alkyl or cyclic N) is 1. The summed E-state index contributed by atoms with van der Waals surface area (Å²) < 4.78 is 1.63. The van der Waals surface area contributed by atoms with Gasteiger partial charge in [-0.2, -0.15) is 0 Å². The van der Waals surface area contributed by atoms with Crippen molar-refractivity contribution in [3.63, 3.8) is 0 Å². The molecule has 2 aliphatic heterocycles. The van der Waals surface area contributed by atoms with E-state index < -0.39 is 18.2 Å². The second kappa shape index (κ2) is 6.51. The number of aliphatic hydroxyl groups excluding tert-OH is 2. The monoisotopic (exact) mass is 312 g/mol. The molecule has 0 aromatic carbocycles. The van der Waals surface area contributed by atoms with Crippen molar-refractivity contribution in [1.29, 1.82) is 0 Å². The van der Waals surface area contributed by atoms with Gasteiger partial charge in [-0.3, -0.25) is 14.6 Å². The standard InChI is InChI=1S/C13H22N5O4/c1-15(4-5-19)6-9(20)7-18-8-14-11-10(18)12(21)17(3)13(22)16(11)2/h8-10,19-20H,4-7H2,1-3H3/q+1. The maximum Gasteiger partial charge on any atom is 0.333 e. The Morgan fingerprint density at radius 3 is 2.73 bits per heavy atom. The smallest absolute Gasteiger partial charge is 0.333 e. The molecule has 9 heteroatoms. The number of aliphatic hydroxyl groups is 2. The maximum absolute atomic E-state index is 12.3. The molecule has 2 N–H and O–H groups in total. The van der Waals surface area contributed by atoms with Crippen molar-refractivity contribution in [2.45, 2.75) is 12.1 Å². The predicted octanol–water partition coefficient (Wildman–Crippen LogP) is -2.38. The van der Waals surface area contributed by atoms with E-state index in [9.17, 15) is 14.7 Å². The number of urea groups is 1. The van der Waals surface area contributed by atoms with Gasteiger partial charge in [-0.1, -0.05) is 0 Å². The lowest BCUT2D eigenvalue weighted by Gasteiger charge is -2.31. The van der Waals surface area contributed by atoms with Gasteiger partial charge >= 0.3 is 6.03 Å². The average Bonchev–Trinajstić information content (AvgIpc) is 2.86. The Morgan fingerprint density at radius 1 is 1.41 bits per heavy atom. The first-order chi connectivity index (χ1) is 10.4. The lowest BCUT2D eigenvalue weighted by Crippen LogP contribution is -2.62. The van der Waals surface area contributed by atoms with Crippen LogP contribution in [0.4, 0.5) is 4.79 Å². The Hall–Kier alpha value is -1.84. The maximum atomic E-state index is 12.3. The number of nitrogens with zero attached hydrogens (tertiary/aromatic N) is 5. The number of hydrogen-bond acceptors (Lipinski definition) is 6. The van der Waals surface area contributed by atoms with E-state index in [1.165, 1.54) is 18.3 Å². The van der Waals surface area contributed by atoms with Gasteiger partial charge in [0.05, 0.1) is 6.61 Å².